The van der Waals surface area contributed by atoms with Gasteiger partial charge in [0.15, 0.2) is 0 Å². The molecule has 0 bridgehead atoms. The second-order valence-electron chi connectivity index (χ2n) is 6.45. The van der Waals surface area contributed by atoms with Crippen LogP contribution < -0.4 is 5.59 Å². The molecular weight excluding hydrogens is 225 g/mol. The van der Waals surface area contributed by atoms with Crippen molar-refractivity contribution in [1.82, 2.24) is 4.57 Å². The fraction of sp³-hybridized carbons (Fsp3) is 0.714. The van der Waals surface area contributed by atoms with Crippen molar-refractivity contribution < 1.29 is 9.31 Å². The predicted octanol–water partition coefficient (Wildman–Crippen LogP) is 2.68. The highest BCUT2D eigenvalue weighted by molar-refractivity contribution is 6.61. The molecular formula is C14H24BNO2. The molecule has 0 spiro atoms. The molecule has 0 saturated carbocycles. The Morgan fingerprint density at radius 1 is 1.06 bits per heavy atom. The van der Waals surface area contributed by atoms with Crippen molar-refractivity contribution >= 4 is 12.7 Å². The molecule has 4 heteroatoms. The summed E-state index contributed by atoms with van der Waals surface area (Å²) >= 11 is 0. The van der Waals surface area contributed by atoms with Gasteiger partial charge >= 0.3 is 7.12 Å². The second-order valence-corrected chi connectivity index (χ2v) is 6.45. The largest absolute Gasteiger partial charge is 0.512 e. The molecule has 0 N–H and O–H groups in total. The summed E-state index contributed by atoms with van der Waals surface area (Å²) in [5.74, 6) is 0. The van der Waals surface area contributed by atoms with E-state index in [0.717, 1.165) is 5.59 Å². The summed E-state index contributed by atoms with van der Waals surface area (Å²) in [6, 6.07) is 4.65. The molecule has 1 aliphatic heterocycles. The van der Waals surface area contributed by atoms with E-state index in [1.54, 1.807) is 0 Å². The zero-order chi connectivity index (χ0) is 13.7. The maximum Gasteiger partial charge on any atom is 0.512 e. The summed E-state index contributed by atoms with van der Waals surface area (Å²) in [6.07, 6.45) is 0. The molecule has 0 aromatic carbocycles. The Morgan fingerprint density at radius 2 is 1.56 bits per heavy atom. The van der Waals surface area contributed by atoms with Crippen LogP contribution in [0.25, 0.3) is 0 Å². The fourth-order valence-electron chi connectivity index (χ4n) is 2.43. The highest BCUT2D eigenvalue weighted by atomic mass is 16.7. The first kappa shape index (κ1) is 13.7. The van der Waals surface area contributed by atoms with Gasteiger partial charge in [0.25, 0.3) is 0 Å². The van der Waals surface area contributed by atoms with E-state index in [-0.39, 0.29) is 18.3 Å². The highest BCUT2D eigenvalue weighted by Gasteiger charge is 2.52. The standard InChI is InChI=1S/C14H24BNO2/c1-10(2)16-11(3)8-9-12(16)15-17-13(4,5)14(6,7)18-15/h8-10H,1-7H3. The minimum atomic E-state index is -0.280. The SMILES string of the molecule is Cc1ccc(B2OC(C)(C)C(C)(C)O2)n1C(C)C. The van der Waals surface area contributed by atoms with Gasteiger partial charge in [-0.1, -0.05) is 0 Å². The molecule has 0 atom stereocenters. The van der Waals surface area contributed by atoms with Crippen LogP contribution in [-0.4, -0.2) is 22.9 Å². The first-order valence-corrected chi connectivity index (χ1v) is 6.69. The highest BCUT2D eigenvalue weighted by Crippen LogP contribution is 2.36. The number of nitrogens with zero attached hydrogens (tertiary/aromatic N) is 1. The molecule has 18 heavy (non-hydrogen) atoms. The Hall–Kier alpha value is -0.735. The van der Waals surface area contributed by atoms with Gasteiger partial charge in [0.1, 0.15) is 0 Å². The van der Waals surface area contributed by atoms with Crippen molar-refractivity contribution in [2.24, 2.45) is 0 Å². The topological polar surface area (TPSA) is 23.4 Å². The van der Waals surface area contributed by atoms with Crippen LogP contribution in [0.3, 0.4) is 0 Å². The minimum absolute atomic E-state index is 0.272. The molecule has 0 radical (unpaired) electrons. The predicted molar refractivity (Wildman–Crippen MR) is 75.3 cm³/mol. The lowest BCUT2D eigenvalue weighted by atomic mass is 9.84. The molecule has 0 unspecified atom stereocenters. The average Bonchev–Trinajstić information content (AvgIpc) is 2.66. The molecule has 3 nitrogen and oxygen atoms in total. The molecule has 0 amide bonds. The van der Waals surface area contributed by atoms with E-state index in [1.165, 1.54) is 5.69 Å². The molecule has 1 aromatic rings. The molecule has 2 rings (SSSR count). The summed E-state index contributed by atoms with van der Waals surface area (Å²) in [5.41, 5.74) is 1.80. The van der Waals surface area contributed by atoms with Crippen LogP contribution in [0.15, 0.2) is 12.1 Å². The molecule has 1 saturated heterocycles. The zero-order valence-electron chi connectivity index (χ0n) is 12.6. The zero-order valence-corrected chi connectivity index (χ0v) is 12.6. The lowest BCUT2D eigenvalue weighted by Crippen LogP contribution is -2.41. The summed E-state index contributed by atoms with van der Waals surface area (Å²) in [4.78, 5) is 0. The van der Waals surface area contributed by atoms with Crippen molar-refractivity contribution in [2.75, 3.05) is 0 Å². The van der Waals surface area contributed by atoms with Gasteiger partial charge in [0.2, 0.25) is 0 Å². The Labute approximate surface area is 111 Å². The van der Waals surface area contributed by atoms with E-state index in [9.17, 15) is 0 Å². The first-order chi connectivity index (χ1) is 8.16. The Kier molecular flexibility index (Phi) is 3.15. The number of rotatable bonds is 2. The average molecular weight is 249 g/mol. The number of aromatic nitrogens is 1. The van der Waals surface area contributed by atoms with Crippen LogP contribution in [0.5, 0.6) is 0 Å². The van der Waals surface area contributed by atoms with Gasteiger partial charge in [0.05, 0.1) is 11.2 Å². The summed E-state index contributed by atoms with van der Waals surface area (Å²) in [6.45, 7) is 14.8. The molecule has 100 valence electrons. The van der Waals surface area contributed by atoms with E-state index in [1.807, 2.05) is 0 Å². The molecule has 0 aliphatic carbocycles. The first-order valence-electron chi connectivity index (χ1n) is 6.69. The van der Waals surface area contributed by atoms with Crippen molar-refractivity contribution in [3.8, 4) is 0 Å². The molecule has 1 fully saturated rings. The second kappa shape index (κ2) is 4.14. The molecule has 1 aliphatic rings. The van der Waals surface area contributed by atoms with Gasteiger partial charge in [-0.05, 0) is 60.6 Å². The van der Waals surface area contributed by atoms with Crippen LogP contribution in [0.2, 0.25) is 0 Å². The van der Waals surface area contributed by atoms with Gasteiger partial charge in [-0.3, -0.25) is 0 Å². The van der Waals surface area contributed by atoms with E-state index >= 15 is 0 Å². The van der Waals surface area contributed by atoms with Crippen LogP contribution in [0.1, 0.15) is 53.3 Å². The van der Waals surface area contributed by atoms with E-state index < -0.39 is 0 Å². The molecule has 1 aromatic heterocycles. The van der Waals surface area contributed by atoms with Gasteiger partial charge in [-0.15, -0.1) is 0 Å². The van der Waals surface area contributed by atoms with Gasteiger partial charge < -0.3 is 13.9 Å². The van der Waals surface area contributed by atoms with E-state index in [4.69, 9.17) is 9.31 Å². The third kappa shape index (κ3) is 2.01. The van der Waals surface area contributed by atoms with Crippen molar-refractivity contribution in [3.05, 3.63) is 17.8 Å². The van der Waals surface area contributed by atoms with Gasteiger partial charge in [-0.25, -0.2) is 0 Å². The Bertz CT molecular complexity index is 433. The lowest BCUT2D eigenvalue weighted by Gasteiger charge is -2.32. The van der Waals surface area contributed by atoms with E-state index in [2.05, 4.69) is 65.2 Å². The van der Waals surface area contributed by atoms with Crippen molar-refractivity contribution in [2.45, 2.75) is 65.7 Å². The summed E-state index contributed by atoms with van der Waals surface area (Å²) < 4.78 is 14.5. The smallest absolute Gasteiger partial charge is 0.398 e. The summed E-state index contributed by atoms with van der Waals surface area (Å²) in [7, 11) is -0.272. The van der Waals surface area contributed by atoms with Crippen LogP contribution in [-0.2, 0) is 9.31 Å². The van der Waals surface area contributed by atoms with Gasteiger partial charge in [-0.2, -0.15) is 0 Å². The normalized spacial score (nSPS) is 21.9. The van der Waals surface area contributed by atoms with Crippen molar-refractivity contribution in [1.29, 1.82) is 0 Å². The Balaban J connectivity index is 2.36. The number of hydrogen-bond acceptors (Lipinski definition) is 2. The number of hydrogen-bond donors (Lipinski definition) is 0. The number of aryl methyl sites for hydroxylation is 1. The third-order valence-corrected chi connectivity index (χ3v) is 4.16. The fourth-order valence-corrected chi connectivity index (χ4v) is 2.43. The van der Waals surface area contributed by atoms with Crippen LogP contribution in [0, 0.1) is 6.92 Å². The monoisotopic (exact) mass is 249 g/mol. The quantitative estimate of drug-likeness (QED) is 0.752. The van der Waals surface area contributed by atoms with Gasteiger partial charge in [0, 0.05) is 17.3 Å². The lowest BCUT2D eigenvalue weighted by molar-refractivity contribution is 0.00578. The Morgan fingerprint density at radius 3 is 2.00 bits per heavy atom. The maximum atomic E-state index is 6.11. The molecule has 2 heterocycles. The summed E-state index contributed by atoms with van der Waals surface area (Å²) in [5, 5.41) is 0. The van der Waals surface area contributed by atoms with Crippen LogP contribution in [0.4, 0.5) is 0 Å². The van der Waals surface area contributed by atoms with Crippen molar-refractivity contribution in [3.63, 3.8) is 0 Å². The maximum absolute atomic E-state index is 6.11. The van der Waals surface area contributed by atoms with E-state index in [0.29, 0.717) is 6.04 Å². The minimum Gasteiger partial charge on any atom is -0.398 e. The van der Waals surface area contributed by atoms with Crippen LogP contribution >= 0.6 is 0 Å². The third-order valence-electron chi connectivity index (χ3n) is 4.16.